The van der Waals surface area contributed by atoms with Crippen LogP contribution in [-0.4, -0.2) is 24.7 Å². The summed E-state index contributed by atoms with van der Waals surface area (Å²) in [5, 5.41) is 0. The summed E-state index contributed by atoms with van der Waals surface area (Å²) in [6, 6.07) is 0. The van der Waals surface area contributed by atoms with Gasteiger partial charge in [0.2, 0.25) is 0 Å². The highest BCUT2D eigenvalue weighted by Crippen LogP contribution is 2.40. The van der Waals surface area contributed by atoms with Gasteiger partial charge in [0.1, 0.15) is 0 Å². The molecule has 1 spiro atoms. The third-order valence-electron chi connectivity index (χ3n) is 2.37. The molecular weight excluding hydrogens is 132 g/mol. The fourth-order valence-electron chi connectivity index (χ4n) is 1.48. The summed E-state index contributed by atoms with van der Waals surface area (Å²) >= 11 is 2.09. The van der Waals surface area contributed by atoms with Gasteiger partial charge in [0.15, 0.2) is 0 Å². The summed E-state index contributed by atoms with van der Waals surface area (Å²) in [5.41, 5.74) is 0.658. The highest BCUT2D eigenvalue weighted by atomic mass is 32.2. The van der Waals surface area contributed by atoms with E-state index in [-0.39, 0.29) is 0 Å². The van der Waals surface area contributed by atoms with Crippen LogP contribution in [-0.2, 0) is 4.74 Å². The molecule has 2 heteroatoms. The summed E-state index contributed by atoms with van der Waals surface area (Å²) < 4.78 is 5.21. The molecule has 2 rings (SSSR count). The molecule has 0 bridgehead atoms. The van der Waals surface area contributed by atoms with E-state index >= 15 is 0 Å². The Balaban J connectivity index is 1.93. The minimum absolute atomic E-state index is 0.658. The molecule has 0 aromatic rings. The predicted octanol–water partition coefficient (Wildman–Crippen LogP) is 1.53. The first-order chi connectivity index (χ1) is 4.41. The van der Waals surface area contributed by atoms with Crippen molar-refractivity contribution in [2.75, 3.05) is 24.7 Å². The third kappa shape index (κ3) is 0.987. The lowest BCUT2D eigenvalue weighted by molar-refractivity contribution is -0.116. The minimum Gasteiger partial charge on any atom is -0.380 e. The van der Waals surface area contributed by atoms with Crippen LogP contribution in [0.15, 0.2) is 0 Å². The number of ether oxygens (including phenoxy) is 1. The SMILES string of the molecule is C1CC2(CCS1)COC2. The standard InChI is InChI=1S/C7H12OS/c1-3-9-4-2-7(1)5-8-6-7/h1-6H2. The second-order valence-corrected chi connectivity index (χ2v) is 4.33. The van der Waals surface area contributed by atoms with Crippen LogP contribution in [0.1, 0.15) is 12.8 Å². The van der Waals surface area contributed by atoms with Crippen molar-refractivity contribution in [2.45, 2.75) is 12.8 Å². The van der Waals surface area contributed by atoms with E-state index in [0.29, 0.717) is 5.41 Å². The van der Waals surface area contributed by atoms with Crippen molar-refractivity contribution in [3.05, 3.63) is 0 Å². The van der Waals surface area contributed by atoms with Crippen molar-refractivity contribution < 1.29 is 4.74 Å². The smallest absolute Gasteiger partial charge is 0.0545 e. The molecule has 0 atom stereocenters. The lowest BCUT2D eigenvalue weighted by Gasteiger charge is -2.43. The molecule has 2 fully saturated rings. The molecule has 2 saturated heterocycles. The molecule has 0 saturated carbocycles. The van der Waals surface area contributed by atoms with Gasteiger partial charge in [-0.2, -0.15) is 11.8 Å². The van der Waals surface area contributed by atoms with E-state index < -0.39 is 0 Å². The Hall–Kier alpha value is 0.310. The summed E-state index contributed by atoms with van der Waals surface area (Å²) in [7, 11) is 0. The van der Waals surface area contributed by atoms with Crippen LogP contribution in [0.2, 0.25) is 0 Å². The predicted molar refractivity (Wildman–Crippen MR) is 39.8 cm³/mol. The van der Waals surface area contributed by atoms with Gasteiger partial charge in [0.25, 0.3) is 0 Å². The third-order valence-corrected chi connectivity index (χ3v) is 3.36. The first kappa shape index (κ1) is 6.05. The Kier molecular flexibility index (Phi) is 1.46. The van der Waals surface area contributed by atoms with Crippen LogP contribution >= 0.6 is 11.8 Å². The molecule has 0 amide bonds. The Labute approximate surface area is 60.2 Å². The Bertz CT molecular complexity index is 101. The zero-order valence-electron chi connectivity index (χ0n) is 5.56. The maximum absolute atomic E-state index is 5.21. The monoisotopic (exact) mass is 144 g/mol. The van der Waals surface area contributed by atoms with E-state index in [2.05, 4.69) is 11.8 Å². The van der Waals surface area contributed by atoms with E-state index in [1.807, 2.05) is 0 Å². The minimum atomic E-state index is 0.658. The van der Waals surface area contributed by atoms with Crippen LogP contribution in [0.25, 0.3) is 0 Å². The van der Waals surface area contributed by atoms with Gasteiger partial charge in [0.05, 0.1) is 13.2 Å². The lowest BCUT2D eigenvalue weighted by Crippen LogP contribution is -2.44. The normalized spacial score (nSPS) is 32.0. The van der Waals surface area contributed by atoms with E-state index in [1.165, 1.54) is 24.3 Å². The van der Waals surface area contributed by atoms with Crippen molar-refractivity contribution >= 4 is 11.8 Å². The second kappa shape index (κ2) is 2.17. The average Bonchev–Trinajstić information content (AvgIpc) is 1.87. The zero-order valence-corrected chi connectivity index (χ0v) is 6.38. The maximum atomic E-state index is 5.21. The fourth-order valence-corrected chi connectivity index (χ4v) is 2.84. The number of rotatable bonds is 0. The van der Waals surface area contributed by atoms with Crippen LogP contribution in [0, 0.1) is 5.41 Å². The molecule has 2 aliphatic rings. The maximum Gasteiger partial charge on any atom is 0.0545 e. The molecule has 0 aliphatic carbocycles. The molecule has 0 N–H and O–H groups in total. The van der Waals surface area contributed by atoms with Crippen molar-refractivity contribution in [2.24, 2.45) is 5.41 Å². The van der Waals surface area contributed by atoms with Gasteiger partial charge in [-0.1, -0.05) is 0 Å². The van der Waals surface area contributed by atoms with Crippen molar-refractivity contribution in [1.82, 2.24) is 0 Å². The summed E-state index contributed by atoms with van der Waals surface area (Å²) in [5.74, 6) is 2.73. The fraction of sp³-hybridized carbons (Fsp3) is 1.00. The Morgan fingerprint density at radius 3 is 2.11 bits per heavy atom. The quantitative estimate of drug-likeness (QED) is 0.510. The number of hydrogen-bond acceptors (Lipinski definition) is 2. The number of hydrogen-bond donors (Lipinski definition) is 0. The van der Waals surface area contributed by atoms with Crippen LogP contribution < -0.4 is 0 Å². The van der Waals surface area contributed by atoms with Gasteiger partial charge >= 0.3 is 0 Å². The van der Waals surface area contributed by atoms with Crippen LogP contribution in [0.4, 0.5) is 0 Å². The van der Waals surface area contributed by atoms with E-state index in [9.17, 15) is 0 Å². The molecule has 2 aliphatic heterocycles. The van der Waals surface area contributed by atoms with Crippen LogP contribution in [0.3, 0.4) is 0 Å². The average molecular weight is 144 g/mol. The van der Waals surface area contributed by atoms with Gasteiger partial charge in [-0.05, 0) is 24.3 Å². The van der Waals surface area contributed by atoms with E-state index in [0.717, 1.165) is 13.2 Å². The van der Waals surface area contributed by atoms with Crippen LogP contribution in [0.5, 0.6) is 0 Å². The zero-order chi connectivity index (χ0) is 6.16. The van der Waals surface area contributed by atoms with Gasteiger partial charge in [-0.15, -0.1) is 0 Å². The molecule has 0 aromatic heterocycles. The molecule has 52 valence electrons. The molecule has 0 radical (unpaired) electrons. The second-order valence-electron chi connectivity index (χ2n) is 3.11. The van der Waals surface area contributed by atoms with Crippen molar-refractivity contribution in [1.29, 1.82) is 0 Å². The van der Waals surface area contributed by atoms with Crippen molar-refractivity contribution in [3.8, 4) is 0 Å². The Morgan fingerprint density at radius 2 is 1.78 bits per heavy atom. The highest BCUT2D eigenvalue weighted by Gasteiger charge is 2.39. The highest BCUT2D eigenvalue weighted by molar-refractivity contribution is 7.99. The molecule has 2 heterocycles. The molecular formula is C7H12OS. The molecule has 0 aromatic carbocycles. The van der Waals surface area contributed by atoms with E-state index in [1.54, 1.807) is 0 Å². The first-order valence-corrected chi connectivity index (χ1v) is 4.72. The first-order valence-electron chi connectivity index (χ1n) is 3.57. The van der Waals surface area contributed by atoms with Gasteiger partial charge in [-0.25, -0.2) is 0 Å². The topological polar surface area (TPSA) is 9.23 Å². The summed E-state index contributed by atoms with van der Waals surface area (Å²) in [6.07, 6.45) is 2.80. The molecule has 1 nitrogen and oxygen atoms in total. The van der Waals surface area contributed by atoms with Gasteiger partial charge < -0.3 is 4.74 Å². The van der Waals surface area contributed by atoms with Gasteiger partial charge in [-0.3, -0.25) is 0 Å². The largest absolute Gasteiger partial charge is 0.380 e. The summed E-state index contributed by atoms with van der Waals surface area (Å²) in [4.78, 5) is 0. The number of thioether (sulfide) groups is 1. The lowest BCUT2D eigenvalue weighted by atomic mass is 9.80. The molecule has 9 heavy (non-hydrogen) atoms. The Morgan fingerprint density at radius 1 is 1.11 bits per heavy atom. The molecule has 0 unspecified atom stereocenters. The van der Waals surface area contributed by atoms with E-state index in [4.69, 9.17) is 4.74 Å². The van der Waals surface area contributed by atoms with Crippen molar-refractivity contribution in [3.63, 3.8) is 0 Å². The summed E-state index contributed by atoms with van der Waals surface area (Å²) in [6.45, 7) is 2.10. The van der Waals surface area contributed by atoms with Gasteiger partial charge in [0, 0.05) is 5.41 Å².